The van der Waals surface area contributed by atoms with Gasteiger partial charge in [-0.05, 0) is 54.4 Å². The van der Waals surface area contributed by atoms with Crippen LogP contribution in [0.2, 0.25) is 5.02 Å². The van der Waals surface area contributed by atoms with Crippen molar-refractivity contribution < 1.29 is 23.1 Å². The molecule has 3 rings (SSSR count). The summed E-state index contributed by atoms with van der Waals surface area (Å²) in [6, 6.07) is 19.7. The molecule has 0 heterocycles. The lowest BCUT2D eigenvalue weighted by molar-refractivity contribution is -0.116. The number of aryl methyl sites for hydroxylation is 1. The van der Waals surface area contributed by atoms with E-state index in [2.05, 4.69) is 15.4 Å². The Morgan fingerprint density at radius 1 is 0.935 bits per heavy atom. The van der Waals surface area contributed by atoms with Crippen LogP contribution in [0.3, 0.4) is 0 Å². The van der Waals surface area contributed by atoms with Gasteiger partial charge in [-0.25, -0.2) is 0 Å². The third kappa shape index (κ3) is 6.79. The molecular weight excluding hydrogens is 426 g/mol. The SMILES string of the molecule is O=C(CCc1ccc(OC(F)F)cc1)Nc1cc(C(=O)Nc2ccccc2)ccc1Cl. The molecule has 0 bridgehead atoms. The molecule has 2 N–H and O–H groups in total. The van der Waals surface area contributed by atoms with E-state index in [1.165, 1.54) is 18.2 Å². The number of para-hydroxylation sites is 1. The molecule has 2 amide bonds. The summed E-state index contributed by atoms with van der Waals surface area (Å²) in [6.07, 6.45) is 0.540. The van der Waals surface area contributed by atoms with Gasteiger partial charge in [-0.1, -0.05) is 41.9 Å². The Morgan fingerprint density at radius 3 is 2.32 bits per heavy atom. The van der Waals surface area contributed by atoms with Crippen molar-refractivity contribution in [1.82, 2.24) is 0 Å². The molecule has 0 aliphatic heterocycles. The van der Waals surface area contributed by atoms with Crippen LogP contribution in [0.25, 0.3) is 0 Å². The van der Waals surface area contributed by atoms with Crippen LogP contribution in [0.4, 0.5) is 20.2 Å². The van der Waals surface area contributed by atoms with Crippen LogP contribution in [-0.4, -0.2) is 18.4 Å². The van der Waals surface area contributed by atoms with Crippen LogP contribution in [0.5, 0.6) is 5.75 Å². The fourth-order valence-electron chi connectivity index (χ4n) is 2.80. The maximum atomic E-state index is 12.4. The monoisotopic (exact) mass is 444 g/mol. The lowest BCUT2D eigenvalue weighted by atomic mass is 10.1. The van der Waals surface area contributed by atoms with Crippen molar-refractivity contribution >= 4 is 34.8 Å². The summed E-state index contributed by atoms with van der Waals surface area (Å²) in [4.78, 5) is 24.8. The van der Waals surface area contributed by atoms with Crippen LogP contribution in [-0.2, 0) is 11.2 Å². The van der Waals surface area contributed by atoms with Crippen LogP contribution in [0.15, 0.2) is 72.8 Å². The van der Waals surface area contributed by atoms with Crippen molar-refractivity contribution in [1.29, 1.82) is 0 Å². The topological polar surface area (TPSA) is 67.4 Å². The molecule has 0 unspecified atom stereocenters. The summed E-state index contributed by atoms with van der Waals surface area (Å²) in [6.45, 7) is -2.88. The molecule has 0 atom stereocenters. The minimum atomic E-state index is -2.88. The third-order valence-corrected chi connectivity index (χ3v) is 4.65. The highest BCUT2D eigenvalue weighted by Gasteiger charge is 2.12. The Kier molecular flexibility index (Phi) is 7.56. The molecule has 0 saturated carbocycles. The van der Waals surface area contributed by atoms with Gasteiger partial charge < -0.3 is 15.4 Å². The first kappa shape index (κ1) is 22.2. The summed E-state index contributed by atoms with van der Waals surface area (Å²) in [7, 11) is 0. The number of hydrogen-bond donors (Lipinski definition) is 2. The number of ether oxygens (including phenoxy) is 1. The number of amides is 2. The van der Waals surface area contributed by atoms with Gasteiger partial charge in [0, 0.05) is 17.7 Å². The zero-order chi connectivity index (χ0) is 22.2. The minimum absolute atomic E-state index is 0.0561. The molecule has 8 heteroatoms. The Labute approximate surface area is 183 Å². The van der Waals surface area contributed by atoms with E-state index in [4.69, 9.17) is 11.6 Å². The predicted molar refractivity (Wildman–Crippen MR) is 116 cm³/mol. The fraction of sp³-hybridized carbons (Fsp3) is 0.130. The zero-order valence-corrected chi connectivity index (χ0v) is 17.0. The van der Waals surface area contributed by atoms with Crippen molar-refractivity contribution in [3.8, 4) is 5.75 Å². The van der Waals surface area contributed by atoms with Crippen molar-refractivity contribution in [3.63, 3.8) is 0 Å². The molecule has 0 fully saturated rings. The second-order valence-corrected chi connectivity index (χ2v) is 6.99. The molecule has 0 aliphatic rings. The molecular formula is C23H19ClF2N2O3. The smallest absolute Gasteiger partial charge is 0.387 e. The maximum absolute atomic E-state index is 12.4. The number of carbonyl (C=O) groups is 2. The average Bonchev–Trinajstić information content (AvgIpc) is 2.75. The van der Waals surface area contributed by atoms with Crippen molar-refractivity contribution in [2.75, 3.05) is 10.6 Å². The van der Waals surface area contributed by atoms with E-state index in [1.807, 2.05) is 18.2 Å². The Balaban J connectivity index is 1.58. The first-order valence-corrected chi connectivity index (χ1v) is 9.78. The van der Waals surface area contributed by atoms with Gasteiger partial charge in [0.1, 0.15) is 5.75 Å². The van der Waals surface area contributed by atoms with Gasteiger partial charge in [-0.3, -0.25) is 9.59 Å². The van der Waals surface area contributed by atoms with E-state index in [0.717, 1.165) is 5.56 Å². The molecule has 160 valence electrons. The van der Waals surface area contributed by atoms with Gasteiger partial charge in [0.2, 0.25) is 5.91 Å². The van der Waals surface area contributed by atoms with Crippen molar-refractivity contribution in [2.45, 2.75) is 19.5 Å². The summed E-state index contributed by atoms with van der Waals surface area (Å²) < 4.78 is 28.7. The molecule has 0 radical (unpaired) electrons. The van der Waals surface area contributed by atoms with E-state index >= 15 is 0 Å². The van der Waals surface area contributed by atoms with Gasteiger partial charge in [-0.2, -0.15) is 8.78 Å². The fourth-order valence-corrected chi connectivity index (χ4v) is 2.96. The molecule has 0 saturated heterocycles. The van der Waals surface area contributed by atoms with Gasteiger partial charge in [0.05, 0.1) is 10.7 Å². The number of anilines is 2. The number of rotatable bonds is 8. The minimum Gasteiger partial charge on any atom is -0.435 e. The normalized spacial score (nSPS) is 10.6. The van der Waals surface area contributed by atoms with Crippen LogP contribution in [0, 0.1) is 0 Å². The number of halogens is 3. The summed E-state index contributed by atoms with van der Waals surface area (Å²) in [5, 5.41) is 5.78. The summed E-state index contributed by atoms with van der Waals surface area (Å²) in [5.41, 5.74) is 2.11. The Morgan fingerprint density at radius 2 is 1.65 bits per heavy atom. The number of carbonyl (C=O) groups excluding carboxylic acids is 2. The van der Waals surface area contributed by atoms with Crippen molar-refractivity contribution in [2.24, 2.45) is 0 Å². The van der Waals surface area contributed by atoms with E-state index in [-0.39, 0.29) is 24.0 Å². The van der Waals surface area contributed by atoms with Gasteiger partial charge in [0.15, 0.2) is 0 Å². The number of alkyl halides is 2. The maximum Gasteiger partial charge on any atom is 0.387 e. The highest BCUT2D eigenvalue weighted by Crippen LogP contribution is 2.24. The number of hydrogen-bond acceptors (Lipinski definition) is 3. The Hall–Kier alpha value is -3.45. The molecule has 31 heavy (non-hydrogen) atoms. The Bertz CT molecular complexity index is 1040. The molecule has 0 aliphatic carbocycles. The lowest BCUT2D eigenvalue weighted by Gasteiger charge is -2.10. The van der Waals surface area contributed by atoms with E-state index < -0.39 is 6.61 Å². The van der Waals surface area contributed by atoms with Crippen molar-refractivity contribution in [3.05, 3.63) is 88.9 Å². The average molecular weight is 445 g/mol. The second-order valence-electron chi connectivity index (χ2n) is 6.59. The summed E-state index contributed by atoms with van der Waals surface area (Å²) >= 11 is 6.16. The molecule has 5 nitrogen and oxygen atoms in total. The van der Waals surface area contributed by atoms with Gasteiger partial charge in [0.25, 0.3) is 5.91 Å². The lowest BCUT2D eigenvalue weighted by Crippen LogP contribution is -2.15. The molecule has 0 aromatic heterocycles. The molecule has 3 aromatic carbocycles. The number of nitrogens with one attached hydrogen (secondary N) is 2. The zero-order valence-electron chi connectivity index (χ0n) is 16.3. The highest BCUT2D eigenvalue weighted by molar-refractivity contribution is 6.34. The number of benzene rings is 3. The first-order valence-electron chi connectivity index (χ1n) is 9.40. The molecule has 0 spiro atoms. The van der Waals surface area contributed by atoms with Crippen LogP contribution < -0.4 is 15.4 Å². The third-order valence-electron chi connectivity index (χ3n) is 4.32. The van der Waals surface area contributed by atoms with Crippen LogP contribution in [0.1, 0.15) is 22.3 Å². The first-order chi connectivity index (χ1) is 14.9. The van der Waals surface area contributed by atoms with Crippen LogP contribution >= 0.6 is 11.6 Å². The standard InChI is InChI=1S/C23H19ClF2N2O3/c24-19-12-9-16(22(30)27-17-4-2-1-3-5-17)14-20(19)28-21(29)13-8-15-6-10-18(11-7-15)31-23(25)26/h1-7,9-12,14,23H,8,13H2,(H,27,30)(H,28,29). The molecule has 3 aromatic rings. The predicted octanol–water partition coefficient (Wildman–Crippen LogP) is 5.77. The second kappa shape index (κ2) is 10.5. The van der Waals surface area contributed by atoms with Gasteiger partial charge >= 0.3 is 6.61 Å². The quantitative estimate of drug-likeness (QED) is 0.464. The summed E-state index contributed by atoms with van der Waals surface area (Å²) in [5.74, 6) is -0.569. The van der Waals surface area contributed by atoms with Gasteiger partial charge in [-0.15, -0.1) is 0 Å². The highest BCUT2D eigenvalue weighted by atomic mass is 35.5. The van der Waals surface area contributed by atoms with E-state index in [1.54, 1.807) is 36.4 Å². The van der Waals surface area contributed by atoms with E-state index in [0.29, 0.717) is 28.4 Å². The van der Waals surface area contributed by atoms with E-state index in [9.17, 15) is 18.4 Å². The largest absolute Gasteiger partial charge is 0.435 e.